The zero-order chi connectivity index (χ0) is 14.3. The van der Waals surface area contributed by atoms with Crippen molar-refractivity contribution in [3.63, 3.8) is 0 Å². The highest BCUT2D eigenvalue weighted by molar-refractivity contribution is 7.99. The Hall–Kier alpha value is -1.05. The third kappa shape index (κ3) is 2.84. The minimum Gasteiger partial charge on any atom is -0.325 e. The van der Waals surface area contributed by atoms with Crippen molar-refractivity contribution in [2.45, 2.75) is 35.6 Å². The number of hydrogen-bond donors (Lipinski definition) is 2. The largest absolute Gasteiger partial charge is 0.325 e. The third-order valence-corrected chi connectivity index (χ3v) is 6.21. The highest BCUT2D eigenvalue weighted by Crippen LogP contribution is 2.34. The zero-order valence-corrected chi connectivity index (χ0v) is 12.7. The molecule has 0 spiro atoms. The van der Waals surface area contributed by atoms with E-state index in [1.807, 2.05) is 6.92 Å². The Morgan fingerprint density at radius 2 is 2.10 bits per heavy atom. The van der Waals surface area contributed by atoms with Crippen LogP contribution in [0.5, 0.6) is 0 Å². The fourth-order valence-electron chi connectivity index (χ4n) is 1.93. The van der Waals surface area contributed by atoms with Gasteiger partial charge in [-0.25, -0.2) is 13.1 Å². The van der Waals surface area contributed by atoms with Crippen LogP contribution in [-0.4, -0.2) is 26.1 Å². The van der Waals surface area contributed by atoms with Crippen LogP contribution >= 0.6 is 11.8 Å². The van der Waals surface area contributed by atoms with Crippen molar-refractivity contribution in [2.24, 2.45) is 5.92 Å². The van der Waals surface area contributed by atoms with E-state index in [0.717, 1.165) is 17.7 Å². The van der Waals surface area contributed by atoms with Crippen LogP contribution in [0.4, 0.5) is 5.69 Å². The highest BCUT2D eigenvalue weighted by atomic mass is 32.2. The maximum Gasteiger partial charge on any atom is 0.240 e. The van der Waals surface area contributed by atoms with Gasteiger partial charge in [-0.2, -0.15) is 0 Å². The van der Waals surface area contributed by atoms with Crippen molar-refractivity contribution < 1.29 is 13.2 Å². The number of rotatable bonds is 3. The van der Waals surface area contributed by atoms with E-state index in [1.165, 1.54) is 0 Å². The summed E-state index contributed by atoms with van der Waals surface area (Å²) in [7, 11) is -3.48. The summed E-state index contributed by atoms with van der Waals surface area (Å²) in [6, 6.07) is 4.98. The molecule has 1 unspecified atom stereocenters. The Morgan fingerprint density at radius 1 is 1.35 bits per heavy atom. The second-order valence-corrected chi connectivity index (χ2v) is 8.03. The summed E-state index contributed by atoms with van der Waals surface area (Å²) in [6.45, 7) is 1.86. The van der Waals surface area contributed by atoms with Gasteiger partial charge in [0.15, 0.2) is 0 Å². The van der Waals surface area contributed by atoms with Gasteiger partial charge < -0.3 is 5.32 Å². The summed E-state index contributed by atoms with van der Waals surface area (Å²) in [4.78, 5) is 13.0. The van der Waals surface area contributed by atoms with Crippen molar-refractivity contribution in [3.05, 3.63) is 18.2 Å². The first-order chi connectivity index (χ1) is 9.45. The zero-order valence-electron chi connectivity index (χ0n) is 11.0. The summed E-state index contributed by atoms with van der Waals surface area (Å²) in [5.41, 5.74) is 0.586. The molecular weight excluding hydrogens is 296 g/mol. The van der Waals surface area contributed by atoms with E-state index in [0.29, 0.717) is 11.4 Å². The number of benzene rings is 1. The van der Waals surface area contributed by atoms with Crippen molar-refractivity contribution >= 4 is 33.4 Å². The first-order valence-electron chi connectivity index (χ1n) is 6.56. The number of thioether (sulfide) groups is 1. The van der Waals surface area contributed by atoms with Gasteiger partial charge in [0.2, 0.25) is 15.9 Å². The maximum atomic E-state index is 12.2. The van der Waals surface area contributed by atoms with E-state index in [2.05, 4.69) is 10.0 Å². The molecule has 0 aromatic heterocycles. The lowest BCUT2D eigenvalue weighted by Crippen LogP contribution is -2.26. The van der Waals surface area contributed by atoms with Crippen LogP contribution in [0.3, 0.4) is 0 Å². The van der Waals surface area contributed by atoms with Crippen LogP contribution in [0.2, 0.25) is 0 Å². The SMILES string of the molecule is CC1CSc2ccc(S(=O)(=O)NC3CC3)cc2NC1=O. The molecule has 1 atom stereocenters. The lowest BCUT2D eigenvalue weighted by atomic mass is 10.2. The number of fused-ring (bicyclic) bond motifs is 1. The van der Waals surface area contributed by atoms with Crippen LogP contribution in [0.1, 0.15) is 19.8 Å². The average molecular weight is 312 g/mol. The molecule has 0 bridgehead atoms. The van der Waals surface area contributed by atoms with Gasteiger partial charge in [-0.1, -0.05) is 6.92 Å². The van der Waals surface area contributed by atoms with Crippen molar-refractivity contribution in [3.8, 4) is 0 Å². The number of sulfonamides is 1. The minimum absolute atomic E-state index is 0.0686. The van der Waals surface area contributed by atoms with Crippen molar-refractivity contribution in [2.75, 3.05) is 11.1 Å². The molecule has 1 aliphatic carbocycles. The highest BCUT2D eigenvalue weighted by Gasteiger charge is 2.29. The Bertz CT molecular complexity index is 654. The first-order valence-corrected chi connectivity index (χ1v) is 9.02. The van der Waals surface area contributed by atoms with E-state index in [-0.39, 0.29) is 22.8 Å². The second-order valence-electron chi connectivity index (χ2n) is 5.25. The quantitative estimate of drug-likeness (QED) is 0.892. The minimum atomic E-state index is -3.48. The van der Waals surface area contributed by atoms with Gasteiger partial charge in [-0.3, -0.25) is 4.79 Å². The van der Waals surface area contributed by atoms with Crippen LogP contribution in [0, 0.1) is 5.92 Å². The number of nitrogens with one attached hydrogen (secondary N) is 2. The van der Waals surface area contributed by atoms with Gasteiger partial charge >= 0.3 is 0 Å². The molecule has 1 aromatic carbocycles. The van der Waals surface area contributed by atoms with Crippen LogP contribution in [0.25, 0.3) is 0 Å². The number of anilines is 1. The standard InChI is InChI=1S/C13H16N2O3S2/c1-8-7-19-12-5-4-10(6-11(12)14-13(8)16)20(17,18)15-9-2-3-9/h4-6,8-9,15H,2-3,7H2,1H3,(H,14,16). The molecule has 2 N–H and O–H groups in total. The molecule has 0 saturated heterocycles. The number of hydrogen-bond acceptors (Lipinski definition) is 4. The molecule has 1 heterocycles. The average Bonchev–Trinajstić information content (AvgIpc) is 3.20. The van der Waals surface area contributed by atoms with Gasteiger partial charge in [-0.15, -0.1) is 11.8 Å². The summed E-state index contributed by atoms with van der Waals surface area (Å²) in [5.74, 6) is 0.545. The Labute approximate surface area is 122 Å². The van der Waals surface area contributed by atoms with Gasteiger partial charge in [0.25, 0.3) is 0 Å². The topological polar surface area (TPSA) is 75.3 Å². The van der Waals surface area contributed by atoms with Gasteiger partial charge in [0.1, 0.15) is 0 Å². The fraction of sp³-hybridized carbons (Fsp3) is 0.462. The molecule has 3 rings (SSSR count). The molecule has 1 aromatic rings. The van der Waals surface area contributed by atoms with E-state index < -0.39 is 10.0 Å². The van der Waals surface area contributed by atoms with Gasteiger partial charge in [-0.05, 0) is 31.0 Å². The van der Waals surface area contributed by atoms with E-state index in [9.17, 15) is 13.2 Å². The van der Waals surface area contributed by atoms with Gasteiger partial charge in [0, 0.05) is 22.6 Å². The number of carbonyl (C=O) groups is 1. The number of amides is 1. The molecule has 1 aliphatic heterocycles. The molecule has 2 aliphatic rings. The van der Waals surface area contributed by atoms with Crippen molar-refractivity contribution in [1.29, 1.82) is 0 Å². The Morgan fingerprint density at radius 3 is 2.80 bits per heavy atom. The summed E-state index contributed by atoms with van der Waals surface area (Å²) in [6.07, 6.45) is 1.79. The smallest absolute Gasteiger partial charge is 0.240 e. The predicted octanol–water partition coefficient (Wildman–Crippen LogP) is 1.81. The summed E-state index contributed by atoms with van der Waals surface area (Å²) in [5, 5.41) is 2.80. The Kier molecular flexibility index (Phi) is 3.51. The monoisotopic (exact) mass is 312 g/mol. The molecule has 108 valence electrons. The third-order valence-electron chi connectivity index (χ3n) is 3.35. The van der Waals surface area contributed by atoms with E-state index >= 15 is 0 Å². The molecule has 0 radical (unpaired) electrons. The summed E-state index contributed by atoms with van der Waals surface area (Å²) < 4.78 is 27.0. The number of carbonyl (C=O) groups excluding carboxylic acids is 1. The molecule has 5 nitrogen and oxygen atoms in total. The predicted molar refractivity (Wildman–Crippen MR) is 78.3 cm³/mol. The van der Waals surface area contributed by atoms with E-state index in [1.54, 1.807) is 30.0 Å². The molecule has 20 heavy (non-hydrogen) atoms. The van der Waals surface area contributed by atoms with Crippen LogP contribution in [-0.2, 0) is 14.8 Å². The van der Waals surface area contributed by atoms with E-state index in [4.69, 9.17) is 0 Å². The second kappa shape index (κ2) is 5.05. The molecular formula is C13H16N2O3S2. The van der Waals surface area contributed by atoms with Crippen LogP contribution in [0.15, 0.2) is 28.0 Å². The van der Waals surface area contributed by atoms with Gasteiger partial charge in [0.05, 0.1) is 10.6 Å². The molecule has 7 heteroatoms. The first kappa shape index (κ1) is 13.9. The normalized spacial score (nSPS) is 22.9. The van der Waals surface area contributed by atoms with Crippen LogP contribution < -0.4 is 10.0 Å². The molecule has 1 saturated carbocycles. The lowest BCUT2D eigenvalue weighted by Gasteiger charge is -2.10. The Balaban J connectivity index is 1.92. The molecule has 1 fully saturated rings. The summed E-state index contributed by atoms with van der Waals surface area (Å²) >= 11 is 1.57. The fourth-order valence-corrected chi connectivity index (χ4v) is 4.28. The van der Waals surface area contributed by atoms with Crippen molar-refractivity contribution in [1.82, 2.24) is 4.72 Å². The lowest BCUT2D eigenvalue weighted by molar-refractivity contribution is -0.118. The maximum absolute atomic E-state index is 12.2. The molecule has 1 amide bonds.